The van der Waals surface area contributed by atoms with Crippen LogP contribution in [0.5, 0.6) is 23.0 Å². The second-order valence-electron chi connectivity index (χ2n) is 3.43. The van der Waals surface area contributed by atoms with E-state index in [1.165, 1.54) is 18.2 Å². The summed E-state index contributed by atoms with van der Waals surface area (Å²) in [6.07, 6.45) is 0. The highest BCUT2D eigenvalue weighted by molar-refractivity contribution is 6.45. The Morgan fingerprint density at radius 3 is 2.11 bits per heavy atom. The molecule has 0 atom stereocenters. The van der Waals surface area contributed by atoms with Crippen LogP contribution in [-0.4, -0.2) is 10.2 Å². The number of hydrogen-bond donors (Lipinski definition) is 2. The highest BCUT2D eigenvalue weighted by Gasteiger charge is 2.15. The minimum Gasteiger partial charge on any atom is -0.508 e. The first-order valence-electron chi connectivity index (χ1n) is 4.82. The van der Waals surface area contributed by atoms with Crippen LogP contribution in [0.25, 0.3) is 0 Å². The summed E-state index contributed by atoms with van der Waals surface area (Å²) >= 11 is 17.5. The fourth-order valence-corrected chi connectivity index (χ4v) is 1.90. The van der Waals surface area contributed by atoms with Crippen molar-refractivity contribution in [3.8, 4) is 23.0 Å². The summed E-state index contributed by atoms with van der Waals surface area (Å²) in [5.74, 6) is 0.499. The Morgan fingerprint density at radius 1 is 0.889 bits per heavy atom. The molecule has 6 heteroatoms. The predicted octanol–water partition coefficient (Wildman–Crippen LogP) is 4.85. The summed E-state index contributed by atoms with van der Waals surface area (Å²) in [6.45, 7) is 0. The average molecular weight is 306 g/mol. The number of hydrogen-bond acceptors (Lipinski definition) is 3. The number of rotatable bonds is 2. The van der Waals surface area contributed by atoms with E-state index in [1.54, 1.807) is 12.1 Å². The second-order valence-corrected chi connectivity index (χ2v) is 4.59. The van der Waals surface area contributed by atoms with Gasteiger partial charge in [0.1, 0.15) is 27.3 Å². The first kappa shape index (κ1) is 13.1. The van der Waals surface area contributed by atoms with Crippen LogP contribution in [-0.2, 0) is 0 Å². The molecule has 0 saturated heterocycles. The lowest BCUT2D eigenvalue weighted by molar-refractivity contribution is 0.459. The van der Waals surface area contributed by atoms with Crippen molar-refractivity contribution in [1.29, 1.82) is 0 Å². The number of benzene rings is 2. The summed E-state index contributed by atoms with van der Waals surface area (Å²) in [6, 6.07) is 7.40. The highest BCUT2D eigenvalue weighted by Crippen LogP contribution is 2.44. The van der Waals surface area contributed by atoms with Crippen LogP contribution in [0.15, 0.2) is 30.3 Å². The van der Waals surface area contributed by atoms with Crippen molar-refractivity contribution in [2.45, 2.75) is 0 Å². The number of ether oxygens (including phenoxy) is 1. The molecule has 0 fully saturated rings. The highest BCUT2D eigenvalue weighted by atomic mass is 35.5. The van der Waals surface area contributed by atoms with E-state index < -0.39 is 0 Å². The van der Waals surface area contributed by atoms with Crippen LogP contribution in [0.2, 0.25) is 15.1 Å². The van der Waals surface area contributed by atoms with Gasteiger partial charge in [0.15, 0.2) is 5.75 Å². The van der Waals surface area contributed by atoms with Gasteiger partial charge in [-0.15, -0.1) is 0 Å². The maximum Gasteiger partial charge on any atom is 0.154 e. The zero-order valence-corrected chi connectivity index (χ0v) is 11.1. The molecule has 0 spiro atoms. The standard InChI is InChI=1S/C12H7Cl3O3/c13-8-5-9(10(14)11(15)12(8)17)18-7-3-1-6(16)2-4-7/h1-5,16-17H. The van der Waals surface area contributed by atoms with E-state index >= 15 is 0 Å². The Bertz CT molecular complexity index is 582. The Kier molecular flexibility index (Phi) is 3.76. The molecule has 0 bridgehead atoms. The summed E-state index contributed by atoms with van der Waals surface area (Å²) in [5.41, 5.74) is 0. The zero-order chi connectivity index (χ0) is 13.3. The largest absolute Gasteiger partial charge is 0.508 e. The lowest BCUT2D eigenvalue weighted by Gasteiger charge is -2.10. The first-order valence-corrected chi connectivity index (χ1v) is 5.96. The molecule has 0 unspecified atom stereocenters. The third kappa shape index (κ3) is 2.58. The summed E-state index contributed by atoms with van der Waals surface area (Å²) in [7, 11) is 0. The molecule has 94 valence electrons. The molecule has 0 aliphatic carbocycles. The summed E-state index contributed by atoms with van der Waals surface area (Å²) in [5, 5.41) is 18.7. The number of halogens is 3. The smallest absolute Gasteiger partial charge is 0.154 e. The van der Waals surface area contributed by atoms with E-state index in [2.05, 4.69) is 0 Å². The number of aromatic hydroxyl groups is 2. The van der Waals surface area contributed by atoms with E-state index in [9.17, 15) is 5.11 Å². The van der Waals surface area contributed by atoms with Crippen LogP contribution in [0.1, 0.15) is 0 Å². The van der Waals surface area contributed by atoms with Crippen LogP contribution < -0.4 is 4.74 Å². The summed E-state index contributed by atoms with van der Waals surface area (Å²) < 4.78 is 5.46. The molecule has 2 aromatic rings. The maximum atomic E-state index is 9.48. The van der Waals surface area contributed by atoms with Gasteiger partial charge in [0.2, 0.25) is 0 Å². The van der Waals surface area contributed by atoms with Crippen molar-refractivity contribution in [1.82, 2.24) is 0 Å². The molecule has 2 rings (SSSR count). The fraction of sp³-hybridized carbons (Fsp3) is 0. The van der Waals surface area contributed by atoms with E-state index in [4.69, 9.17) is 44.6 Å². The lowest BCUT2D eigenvalue weighted by atomic mass is 10.3. The van der Waals surface area contributed by atoms with Gasteiger partial charge >= 0.3 is 0 Å². The zero-order valence-electron chi connectivity index (χ0n) is 8.82. The Hall–Kier alpha value is -1.29. The van der Waals surface area contributed by atoms with E-state index in [0.29, 0.717) is 5.75 Å². The van der Waals surface area contributed by atoms with E-state index in [0.717, 1.165) is 0 Å². The molecule has 0 heterocycles. The van der Waals surface area contributed by atoms with Crippen molar-refractivity contribution < 1.29 is 14.9 Å². The molecular formula is C12H7Cl3O3. The predicted molar refractivity (Wildman–Crippen MR) is 71.3 cm³/mol. The minimum absolute atomic E-state index is 0.0400. The average Bonchev–Trinajstić information content (AvgIpc) is 2.36. The van der Waals surface area contributed by atoms with Crippen LogP contribution in [0, 0.1) is 0 Å². The van der Waals surface area contributed by atoms with Crippen molar-refractivity contribution in [2.24, 2.45) is 0 Å². The molecule has 0 aromatic heterocycles. The Labute approximate surface area is 118 Å². The van der Waals surface area contributed by atoms with Crippen LogP contribution >= 0.6 is 34.8 Å². The molecule has 2 N–H and O–H groups in total. The van der Waals surface area contributed by atoms with Crippen molar-refractivity contribution in [2.75, 3.05) is 0 Å². The normalized spacial score (nSPS) is 10.4. The molecule has 3 nitrogen and oxygen atoms in total. The van der Waals surface area contributed by atoms with Gasteiger partial charge in [-0.3, -0.25) is 0 Å². The molecule has 2 aromatic carbocycles. The van der Waals surface area contributed by atoms with Crippen molar-refractivity contribution in [3.05, 3.63) is 45.4 Å². The van der Waals surface area contributed by atoms with Gasteiger partial charge in [-0.05, 0) is 24.3 Å². The van der Waals surface area contributed by atoms with Crippen LogP contribution in [0.3, 0.4) is 0 Å². The minimum atomic E-state index is -0.290. The van der Waals surface area contributed by atoms with Gasteiger partial charge in [-0.1, -0.05) is 34.8 Å². The monoisotopic (exact) mass is 304 g/mol. The molecule has 0 radical (unpaired) electrons. The summed E-state index contributed by atoms with van der Waals surface area (Å²) in [4.78, 5) is 0. The van der Waals surface area contributed by atoms with Gasteiger partial charge in [-0.25, -0.2) is 0 Å². The first-order chi connectivity index (χ1) is 8.49. The second kappa shape index (κ2) is 5.14. The van der Waals surface area contributed by atoms with Crippen molar-refractivity contribution in [3.63, 3.8) is 0 Å². The maximum absolute atomic E-state index is 9.48. The fourth-order valence-electron chi connectivity index (χ4n) is 1.28. The number of phenolic OH excluding ortho intramolecular Hbond substituents is 2. The van der Waals surface area contributed by atoms with E-state index in [-0.39, 0.29) is 32.3 Å². The topological polar surface area (TPSA) is 49.7 Å². The molecule has 0 saturated carbocycles. The van der Waals surface area contributed by atoms with E-state index in [1.807, 2.05) is 0 Å². The molecule has 18 heavy (non-hydrogen) atoms. The lowest BCUT2D eigenvalue weighted by Crippen LogP contribution is -1.86. The molecule has 0 aliphatic rings. The quantitative estimate of drug-likeness (QED) is 0.780. The van der Waals surface area contributed by atoms with Gasteiger partial charge in [0.05, 0.1) is 5.02 Å². The molecule has 0 amide bonds. The van der Waals surface area contributed by atoms with Crippen molar-refractivity contribution >= 4 is 34.8 Å². The van der Waals surface area contributed by atoms with Gasteiger partial charge in [0.25, 0.3) is 0 Å². The van der Waals surface area contributed by atoms with Crippen LogP contribution in [0.4, 0.5) is 0 Å². The molecular weight excluding hydrogens is 298 g/mol. The third-order valence-corrected chi connectivity index (χ3v) is 3.29. The third-order valence-electron chi connectivity index (χ3n) is 2.17. The Balaban J connectivity index is 2.38. The molecule has 0 aliphatic heterocycles. The SMILES string of the molecule is Oc1ccc(Oc2cc(Cl)c(O)c(Cl)c2Cl)cc1. The number of phenols is 2. The van der Waals surface area contributed by atoms with Gasteiger partial charge in [-0.2, -0.15) is 0 Å². The Morgan fingerprint density at radius 2 is 1.50 bits per heavy atom. The van der Waals surface area contributed by atoms with Gasteiger partial charge < -0.3 is 14.9 Å². The van der Waals surface area contributed by atoms with Gasteiger partial charge in [0, 0.05) is 6.07 Å².